The van der Waals surface area contributed by atoms with Crippen molar-refractivity contribution >= 4 is 28.4 Å². The fourth-order valence-corrected chi connectivity index (χ4v) is 2.60. The quantitative estimate of drug-likeness (QED) is 0.680. The van der Waals surface area contributed by atoms with E-state index in [1.807, 2.05) is 24.3 Å². The fraction of sp³-hybridized carbons (Fsp3) is 0.353. The van der Waals surface area contributed by atoms with E-state index in [1.54, 1.807) is 6.08 Å². The zero-order valence-electron chi connectivity index (χ0n) is 11.4. The van der Waals surface area contributed by atoms with E-state index in [-0.39, 0.29) is 5.78 Å². The van der Waals surface area contributed by atoms with Crippen LogP contribution < -0.4 is 0 Å². The fourth-order valence-electron chi connectivity index (χ4n) is 2.13. The average molecular weight is 382 g/mol. The molecule has 2 nitrogen and oxygen atoms in total. The molecule has 0 saturated heterocycles. The van der Waals surface area contributed by atoms with Crippen molar-refractivity contribution < 1.29 is 9.53 Å². The van der Waals surface area contributed by atoms with E-state index in [2.05, 4.69) is 40.8 Å². The van der Waals surface area contributed by atoms with Gasteiger partial charge in [0.15, 0.2) is 5.78 Å². The Morgan fingerprint density at radius 2 is 2.15 bits per heavy atom. The van der Waals surface area contributed by atoms with Crippen molar-refractivity contribution in [3.8, 4) is 0 Å². The van der Waals surface area contributed by atoms with Crippen LogP contribution in [0.3, 0.4) is 0 Å². The molecule has 2 rings (SSSR count). The summed E-state index contributed by atoms with van der Waals surface area (Å²) in [5, 5.41) is 0. The largest absolute Gasteiger partial charge is 0.372 e. The van der Waals surface area contributed by atoms with Gasteiger partial charge in [0, 0.05) is 10.0 Å². The highest BCUT2D eigenvalue weighted by Crippen LogP contribution is 2.21. The number of hydrogen-bond acceptors (Lipinski definition) is 2. The molecule has 0 spiro atoms. The topological polar surface area (TPSA) is 26.3 Å². The summed E-state index contributed by atoms with van der Waals surface area (Å²) in [5.41, 5.74) is 1.20. The number of allylic oxidation sites excluding steroid dienone is 3. The maximum absolute atomic E-state index is 11.1. The van der Waals surface area contributed by atoms with Gasteiger partial charge in [-0.25, -0.2) is 0 Å². The summed E-state index contributed by atoms with van der Waals surface area (Å²) in [6.07, 6.45) is 8.64. The minimum atomic E-state index is 0.256. The average Bonchev–Trinajstić information content (AvgIpc) is 2.48. The normalized spacial score (nSPS) is 19.4. The highest BCUT2D eigenvalue weighted by atomic mass is 127. The van der Waals surface area contributed by atoms with Gasteiger partial charge in [-0.05, 0) is 53.0 Å². The Morgan fingerprint density at radius 3 is 2.85 bits per heavy atom. The summed E-state index contributed by atoms with van der Waals surface area (Å²) < 4.78 is 6.92. The van der Waals surface area contributed by atoms with E-state index in [4.69, 9.17) is 4.74 Å². The van der Waals surface area contributed by atoms with Crippen molar-refractivity contribution in [2.45, 2.75) is 25.9 Å². The molecule has 0 N–H and O–H groups in total. The van der Waals surface area contributed by atoms with Crippen LogP contribution >= 0.6 is 22.6 Å². The van der Waals surface area contributed by atoms with Crippen LogP contribution in [0.2, 0.25) is 0 Å². The van der Waals surface area contributed by atoms with Crippen LogP contribution in [-0.4, -0.2) is 12.4 Å². The molecule has 20 heavy (non-hydrogen) atoms. The van der Waals surface area contributed by atoms with E-state index in [0.717, 1.165) is 12.8 Å². The van der Waals surface area contributed by atoms with Crippen molar-refractivity contribution in [1.29, 1.82) is 0 Å². The number of ether oxygens (including phenoxy) is 1. The Labute approximate surface area is 134 Å². The van der Waals surface area contributed by atoms with Gasteiger partial charge in [0.1, 0.15) is 0 Å². The number of benzene rings is 1. The monoisotopic (exact) mass is 382 g/mol. The molecule has 1 aromatic rings. The Hall–Kier alpha value is -0.940. The molecule has 1 aromatic carbocycles. The minimum Gasteiger partial charge on any atom is -0.372 e. The Kier molecular flexibility index (Phi) is 6.47. The van der Waals surface area contributed by atoms with Gasteiger partial charge in [-0.3, -0.25) is 4.79 Å². The summed E-state index contributed by atoms with van der Waals surface area (Å²) >= 11 is 2.33. The van der Waals surface area contributed by atoms with Crippen LogP contribution in [-0.2, 0) is 16.1 Å². The first-order chi connectivity index (χ1) is 9.74. The third kappa shape index (κ3) is 5.59. The van der Waals surface area contributed by atoms with Crippen molar-refractivity contribution in [3.05, 3.63) is 57.7 Å². The Morgan fingerprint density at radius 1 is 1.35 bits per heavy atom. The number of carbonyl (C=O) groups is 1. The summed E-state index contributed by atoms with van der Waals surface area (Å²) in [6.45, 7) is 1.31. The van der Waals surface area contributed by atoms with E-state index >= 15 is 0 Å². The van der Waals surface area contributed by atoms with Crippen molar-refractivity contribution in [2.24, 2.45) is 5.92 Å². The van der Waals surface area contributed by atoms with E-state index in [1.165, 1.54) is 9.14 Å². The number of halogens is 1. The number of carbonyl (C=O) groups excluding carboxylic acids is 1. The van der Waals surface area contributed by atoms with Crippen LogP contribution in [0.15, 0.2) is 52.1 Å². The minimum absolute atomic E-state index is 0.256. The van der Waals surface area contributed by atoms with Gasteiger partial charge in [0.05, 0.1) is 13.2 Å². The maximum atomic E-state index is 11.1. The van der Waals surface area contributed by atoms with Gasteiger partial charge in [-0.15, -0.1) is 0 Å². The molecule has 3 heteroatoms. The third-order valence-electron chi connectivity index (χ3n) is 3.31. The molecule has 1 atom stereocenters. The molecule has 0 fully saturated rings. The lowest BCUT2D eigenvalue weighted by atomic mass is 9.92. The maximum Gasteiger partial charge on any atom is 0.155 e. The van der Waals surface area contributed by atoms with E-state index in [0.29, 0.717) is 25.6 Å². The van der Waals surface area contributed by atoms with Crippen molar-refractivity contribution in [3.63, 3.8) is 0 Å². The summed E-state index contributed by atoms with van der Waals surface area (Å²) in [6, 6.07) is 10.2. The van der Waals surface area contributed by atoms with Crippen LogP contribution in [0.5, 0.6) is 0 Å². The van der Waals surface area contributed by atoms with Crippen LogP contribution in [0, 0.1) is 5.92 Å². The van der Waals surface area contributed by atoms with Gasteiger partial charge in [-0.2, -0.15) is 0 Å². The van der Waals surface area contributed by atoms with Crippen LogP contribution in [0.25, 0.3) is 0 Å². The molecule has 0 amide bonds. The molecular formula is C17H19IO2. The molecule has 0 heterocycles. The lowest BCUT2D eigenvalue weighted by molar-refractivity contribution is -0.115. The van der Waals surface area contributed by atoms with Crippen LogP contribution in [0.4, 0.5) is 0 Å². The number of rotatable bonds is 6. The SMILES string of the molecule is O=C1C=CC(C/C=C(\I)COCc2ccccc2)CC1. The first-order valence-corrected chi connectivity index (χ1v) is 7.99. The molecule has 0 radical (unpaired) electrons. The van der Waals surface area contributed by atoms with E-state index in [9.17, 15) is 4.79 Å². The third-order valence-corrected chi connectivity index (χ3v) is 4.06. The Balaban J connectivity index is 1.69. The highest BCUT2D eigenvalue weighted by Gasteiger charge is 2.11. The van der Waals surface area contributed by atoms with Gasteiger partial charge >= 0.3 is 0 Å². The molecule has 0 saturated carbocycles. The van der Waals surface area contributed by atoms with Gasteiger partial charge < -0.3 is 4.74 Å². The lowest BCUT2D eigenvalue weighted by Gasteiger charge is -2.13. The standard InChI is InChI=1S/C17H19IO2/c18-16(9-6-14-7-10-17(19)11-8-14)13-20-12-15-4-2-1-3-5-15/h1-5,7,9-10,14H,6,8,11-13H2/b16-9-. The molecule has 1 aliphatic carbocycles. The zero-order chi connectivity index (χ0) is 14.2. The summed E-state index contributed by atoms with van der Waals surface area (Å²) in [5.74, 6) is 0.762. The van der Waals surface area contributed by atoms with Gasteiger partial charge in [-0.1, -0.05) is 42.5 Å². The zero-order valence-corrected chi connectivity index (χ0v) is 13.6. The molecule has 0 aromatic heterocycles. The second-order valence-corrected chi connectivity index (χ2v) is 6.37. The van der Waals surface area contributed by atoms with Crippen molar-refractivity contribution in [2.75, 3.05) is 6.61 Å². The Bertz CT molecular complexity index is 491. The van der Waals surface area contributed by atoms with Crippen LogP contribution in [0.1, 0.15) is 24.8 Å². The lowest BCUT2D eigenvalue weighted by Crippen LogP contribution is -2.07. The number of hydrogen-bond donors (Lipinski definition) is 0. The molecule has 1 unspecified atom stereocenters. The molecular weight excluding hydrogens is 363 g/mol. The second kappa shape index (κ2) is 8.37. The van der Waals surface area contributed by atoms with Gasteiger partial charge in [0.2, 0.25) is 0 Å². The van der Waals surface area contributed by atoms with Crippen molar-refractivity contribution in [1.82, 2.24) is 0 Å². The molecule has 0 aliphatic heterocycles. The highest BCUT2D eigenvalue weighted by molar-refractivity contribution is 14.1. The molecule has 0 bridgehead atoms. The second-order valence-electron chi connectivity index (χ2n) is 4.99. The molecule has 106 valence electrons. The predicted octanol–water partition coefficient (Wildman–Crippen LogP) is 4.45. The summed E-state index contributed by atoms with van der Waals surface area (Å²) in [4.78, 5) is 11.1. The number of ketones is 1. The molecule has 1 aliphatic rings. The first-order valence-electron chi connectivity index (χ1n) is 6.91. The first kappa shape index (κ1) is 15.4. The smallest absolute Gasteiger partial charge is 0.155 e. The van der Waals surface area contributed by atoms with Gasteiger partial charge in [0.25, 0.3) is 0 Å². The summed E-state index contributed by atoms with van der Waals surface area (Å²) in [7, 11) is 0. The van der Waals surface area contributed by atoms with E-state index < -0.39 is 0 Å². The predicted molar refractivity (Wildman–Crippen MR) is 89.7 cm³/mol.